The van der Waals surface area contributed by atoms with Crippen molar-refractivity contribution in [3.8, 4) is 0 Å². The summed E-state index contributed by atoms with van der Waals surface area (Å²) in [6.07, 6.45) is 3.76. The monoisotopic (exact) mass is 175 g/mol. The highest BCUT2D eigenvalue weighted by Crippen LogP contribution is 2.18. The Bertz CT molecular complexity index is 392. The number of H-pyrrole nitrogens is 1. The fourth-order valence-corrected chi connectivity index (χ4v) is 1.60. The fourth-order valence-electron chi connectivity index (χ4n) is 1.60. The zero-order valence-electron chi connectivity index (χ0n) is 7.46. The van der Waals surface area contributed by atoms with Crippen molar-refractivity contribution in [3.63, 3.8) is 0 Å². The second kappa shape index (κ2) is 3.62. The van der Waals surface area contributed by atoms with Gasteiger partial charge in [-0.1, -0.05) is 24.3 Å². The van der Waals surface area contributed by atoms with Gasteiger partial charge in [-0.15, -0.1) is 0 Å². The van der Waals surface area contributed by atoms with Crippen molar-refractivity contribution in [3.05, 3.63) is 36.2 Å². The number of aromatic nitrogens is 1. The summed E-state index contributed by atoms with van der Waals surface area (Å²) in [6, 6.07) is 8.28. The summed E-state index contributed by atoms with van der Waals surface area (Å²) < 4.78 is 0. The Hall–Kier alpha value is -1.28. The van der Waals surface area contributed by atoms with Crippen LogP contribution in [0.25, 0.3) is 10.8 Å². The number of fused-ring (bicyclic) bond motifs is 1. The standard InChI is InChI=1S/C11H13NO/c13-7-3-6-11-10-5-2-1-4-9(10)8-12-11/h1-2,4-5,8,12-13H,3,6-7H2. The van der Waals surface area contributed by atoms with E-state index in [0.717, 1.165) is 12.8 Å². The lowest BCUT2D eigenvalue weighted by Gasteiger charge is -1.96. The van der Waals surface area contributed by atoms with Crippen LogP contribution in [0.2, 0.25) is 0 Å². The lowest BCUT2D eigenvalue weighted by Crippen LogP contribution is -1.89. The maximum Gasteiger partial charge on any atom is 0.0434 e. The number of nitrogens with one attached hydrogen (secondary N) is 1. The predicted octanol–water partition coefficient (Wildman–Crippen LogP) is 2.09. The third-order valence-electron chi connectivity index (χ3n) is 2.27. The molecule has 1 aromatic carbocycles. The SMILES string of the molecule is OCCCc1[nH]cc2ccccc12. The Labute approximate surface area is 77.2 Å². The molecule has 0 saturated heterocycles. The summed E-state index contributed by atoms with van der Waals surface area (Å²) in [5, 5.41) is 11.2. The Kier molecular flexibility index (Phi) is 2.32. The van der Waals surface area contributed by atoms with Gasteiger partial charge in [0.25, 0.3) is 0 Å². The Morgan fingerprint density at radius 3 is 2.92 bits per heavy atom. The zero-order valence-corrected chi connectivity index (χ0v) is 7.46. The molecule has 0 atom stereocenters. The van der Waals surface area contributed by atoms with Crippen LogP contribution in [0.15, 0.2) is 30.5 Å². The van der Waals surface area contributed by atoms with Crippen LogP contribution in [0.3, 0.4) is 0 Å². The minimum Gasteiger partial charge on any atom is -0.396 e. The van der Waals surface area contributed by atoms with E-state index in [1.165, 1.54) is 16.5 Å². The molecule has 0 fully saturated rings. The first-order chi connectivity index (χ1) is 6.42. The van der Waals surface area contributed by atoms with Crippen LogP contribution < -0.4 is 0 Å². The molecule has 2 aromatic rings. The van der Waals surface area contributed by atoms with E-state index in [0.29, 0.717) is 0 Å². The van der Waals surface area contributed by atoms with Crippen LogP contribution in [-0.4, -0.2) is 16.7 Å². The molecule has 0 bridgehead atoms. The number of aliphatic hydroxyl groups is 1. The van der Waals surface area contributed by atoms with Gasteiger partial charge in [-0.3, -0.25) is 0 Å². The molecule has 0 aliphatic heterocycles. The third-order valence-corrected chi connectivity index (χ3v) is 2.27. The number of hydrogen-bond acceptors (Lipinski definition) is 1. The lowest BCUT2D eigenvalue weighted by molar-refractivity contribution is 0.288. The minimum absolute atomic E-state index is 0.257. The van der Waals surface area contributed by atoms with E-state index in [1.54, 1.807) is 0 Å². The average molecular weight is 175 g/mol. The molecule has 2 nitrogen and oxygen atoms in total. The zero-order chi connectivity index (χ0) is 9.10. The van der Waals surface area contributed by atoms with Crippen LogP contribution in [0.1, 0.15) is 12.1 Å². The first-order valence-electron chi connectivity index (χ1n) is 4.57. The molecule has 0 radical (unpaired) electrons. The highest BCUT2D eigenvalue weighted by molar-refractivity contribution is 5.85. The van der Waals surface area contributed by atoms with Crippen molar-refractivity contribution in [1.29, 1.82) is 0 Å². The average Bonchev–Trinajstić information content (AvgIpc) is 2.58. The maximum absolute atomic E-state index is 8.72. The Morgan fingerprint density at radius 2 is 2.08 bits per heavy atom. The largest absolute Gasteiger partial charge is 0.396 e. The molecule has 0 unspecified atom stereocenters. The summed E-state index contributed by atoms with van der Waals surface area (Å²) >= 11 is 0. The second-order valence-electron chi connectivity index (χ2n) is 3.18. The summed E-state index contributed by atoms with van der Waals surface area (Å²) in [5.41, 5.74) is 1.23. The highest BCUT2D eigenvalue weighted by atomic mass is 16.2. The number of aromatic amines is 1. The van der Waals surface area contributed by atoms with Gasteiger partial charge in [0.1, 0.15) is 0 Å². The van der Waals surface area contributed by atoms with Gasteiger partial charge < -0.3 is 10.1 Å². The molecule has 1 aromatic heterocycles. The van der Waals surface area contributed by atoms with Crippen LogP contribution in [-0.2, 0) is 6.42 Å². The molecule has 2 rings (SSSR count). The van der Waals surface area contributed by atoms with Gasteiger partial charge in [0.2, 0.25) is 0 Å². The number of benzene rings is 1. The van der Waals surface area contributed by atoms with Gasteiger partial charge in [-0.05, 0) is 18.2 Å². The van der Waals surface area contributed by atoms with E-state index in [1.807, 2.05) is 18.3 Å². The topological polar surface area (TPSA) is 36.0 Å². The van der Waals surface area contributed by atoms with Gasteiger partial charge in [0.15, 0.2) is 0 Å². The van der Waals surface area contributed by atoms with Crippen LogP contribution in [0.4, 0.5) is 0 Å². The van der Waals surface area contributed by atoms with Crippen molar-refractivity contribution in [2.24, 2.45) is 0 Å². The molecule has 0 aliphatic rings. The van der Waals surface area contributed by atoms with Crippen LogP contribution >= 0.6 is 0 Å². The number of rotatable bonds is 3. The van der Waals surface area contributed by atoms with Gasteiger partial charge in [-0.2, -0.15) is 0 Å². The van der Waals surface area contributed by atoms with E-state index >= 15 is 0 Å². The van der Waals surface area contributed by atoms with Gasteiger partial charge in [0.05, 0.1) is 0 Å². The molecule has 0 spiro atoms. The summed E-state index contributed by atoms with van der Waals surface area (Å²) in [5.74, 6) is 0. The molecule has 0 aliphatic carbocycles. The van der Waals surface area contributed by atoms with E-state index in [2.05, 4.69) is 17.1 Å². The van der Waals surface area contributed by atoms with Crippen molar-refractivity contribution in [2.75, 3.05) is 6.61 Å². The van der Waals surface area contributed by atoms with Gasteiger partial charge >= 0.3 is 0 Å². The fraction of sp³-hybridized carbons (Fsp3) is 0.273. The number of aliphatic hydroxyl groups excluding tert-OH is 1. The summed E-state index contributed by atoms with van der Waals surface area (Å²) in [4.78, 5) is 3.24. The van der Waals surface area contributed by atoms with Crippen molar-refractivity contribution in [2.45, 2.75) is 12.8 Å². The van der Waals surface area contributed by atoms with E-state index < -0.39 is 0 Å². The highest BCUT2D eigenvalue weighted by Gasteiger charge is 2.00. The van der Waals surface area contributed by atoms with Crippen LogP contribution in [0, 0.1) is 0 Å². The molecule has 13 heavy (non-hydrogen) atoms. The molecule has 68 valence electrons. The molecule has 2 heteroatoms. The third kappa shape index (κ3) is 1.58. The van der Waals surface area contributed by atoms with E-state index in [-0.39, 0.29) is 6.61 Å². The van der Waals surface area contributed by atoms with Crippen molar-refractivity contribution < 1.29 is 5.11 Å². The first kappa shape index (κ1) is 8.32. The molecule has 0 amide bonds. The number of aryl methyl sites for hydroxylation is 1. The Morgan fingerprint density at radius 1 is 1.23 bits per heavy atom. The smallest absolute Gasteiger partial charge is 0.0434 e. The first-order valence-corrected chi connectivity index (χ1v) is 4.57. The number of hydrogen-bond donors (Lipinski definition) is 2. The molecule has 2 N–H and O–H groups in total. The molecular formula is C11H13NO. The van der Waals surface area contributed by atoms with E-state index in [4.69, 9.17) is 5.11 Å². The minimum atomic E-state index is 0.257. The maximum atomic E-state index is 8.72. The predicted molar refractivity (Wildman–Crippen MR) is 53.7 cm³/mol. The normalized spacial score (nSPS) is 10.8. The molecule has 0 saturated carbocycles. The summed E-state index contributed by atoms with van der Waals surface area (Å²) in [7, 11) is 0. The molecule has 1 heterocycles. The van der Waals surface area contributed by atoms with E-state index in [9.17, 15) is 0 Å². The van der Waals surface area contributed by atoms with Gasteiger partial charge in [-0.25, -0.2) is 0 Å². The molecular weight excluding hydrogens is 162 g/mol. The second-order valence-corrected chi connectivity index (χ2v) is 3.18. The Balaban J connectivity index is 2.35. The summed E-state index contributed by atoms with van der Waals surface area (Å²) in [6.45, 7) is 0.257. The lowest BCUT2D eigenvalue weighted by atomic mass is 10.1. The quantitative estimate of drug-likeness (QED) is 0.736. The van der Waals surface area contributed by atoms with Crippen LogP contribution in [0.5, 0.6) is 0 Å². The van der Waals surface area contributed by atoms with Crippen molar-refractivity contribution in [1.82, 2.24) is 4.98 Å². The van der Waals surface area contributed by atoms with Gasteiger partial charge in [0, 0.05) is 23.9 Å². The van der Waals surface area contributed by atoms with Crippen molar-refractivity contribution >= 4 is 10.8 Å².